The molecule has 0 aliphatic rings. The lowest BCUT2D eigenvalue weighted by molar-refractivity contribution is -0.123. The summed E-state index contributed by atoms with van der Waals surface area (Å²) in [5.74, 6) is -0.138. The maximum Gasteiger partial charge on any atom is 0.407 e. The van der Waals surface area contributed by atoms with Crippen LogP contribution in [0.2, 0.25) is 0 Å². The first kappa shape index (κ1) is 40.3. The maximum absolute atomic E-state index is 13.1. The minimum absolute atomic E-state index is 0.121. The van der Waals surface area contributed by atoms with Gasteiger partial charge in [-0.3, -0.25) is 4.79 Å². The zero-order chi connectivity index (χ0) is 32.8. The number of rotatable bonds is 28. The van der Waals surface area contributed by atoms with E-state index in [1.54, 1.807) is 0 Å². The molecule has 0 aliphatic heterocycles. The normalized spacial score (nSPS) is 12.2. The molecule has 1 rings (SSSR count). The van der Waals surface area contributed by atoms with Crippen LogP contribution in [0.25, 0.3) is 0 Å². The van der Waals surface area contributed by atoms with E-state index in [0.29, 0.717) is 19.5 Å². The van der Waals surface area contributed by atoms with Crippen molar-refractivity contribution in [3.8, 4) is 0 Å². The molecule has 0 saturated heterocycles. The molecule has 258 valence electrons. The minimum Gasteiger partial charge on any atom is -0.447 e. The van der Waals surface area contributed by atoms with Crippen LogP contribution >= 0.6 is 0 Å². The Kier molecular flexibility index (Phi) is 25.7. The van der Waals surface area contributed by atoms with E-state index in [1.165, 1.54) is 77.0 Å². The molecule has 3 amide bonds. The molecule has 3 N–H and O–H groups in total. The molecule has 1 aromatic carbocycles. The summed E-state index contributed by atoms with van der Waals surface area (Å²) in [5, 5.41) is 8.53. The van der Waals surface area contributed by atoms with Gasteiger partial charge in [-0.1, -0.05) is 154 Å². The number of nitrogens with one attached hydrogen (secondary N) is 3. The lowest BCUT2D eigenvalue weighted by Gasteiger charge is -2.28. The van der Waals surface area contributed by atoms with Crippen LogP contribution in [0, 0.1) is 0 Å². The highest BCUT2D eigenvalue weighted by Crippen LogP contribution is 2.23. The Morgan fingerprint density at radius 2 is 1.07 bits per heavy atom. The molecule has 0 spiro atoms. The SMILES string of the molecule is CCCCCCCCCCCCCCCCCC(=O)N[C@@H](COC(=O)NCCCC)[C@@H](OC(=O)NCCCC)c1ccccc1. The zero-order valence-corrected chi connectivity index (χ0v) is 28.8. The van der Waals surface area contributed by atoms with Gasteiger partial charge in [-0.25, -0.2) is 9.59 Å². The third-order valence-corrected chi connectivity index (χ3v) is 8.07. The van der Waals surface area contributed by atoms with Gasteiger partial charge in [0.05, 0.1) is 0 Å². The average molecular weight is 632 g/mol. The fourth-order valence-electron chi connectivity index (χ4n) is 5.27. The van der Waals surface area contributed by atoms with Crippen LogP contribution in [-0.2, 0) is 14.3 Å². The van der Waals surface area contributed by atoms with Gasteiger partial charge in [-0.05, 0) is 24.8 Å². The monoisotopic (exact) mass is 631 g/mol. The molecule has 0 fully saturated rings. The molecule has 0 saturated carbocycles. The minimum atomic E-state index is -0.818. The van der Waals surface area contributed by atoms with Crippen LogP contribution in [0.3, 0.4) is 0 Å². The molecule has 0 aliphatic carbocycles. The summed E-state index contributed by atoms with van der Waals surface area (Å²) in [7, 11) is 0. The summed E-state index contributed by atoms with van der Waals surface area (Å²) in [6.07, 6.45) is 21.0. The third-order valence-electron chi connectivity index (χ3n) is 8.07. The van der Waals surface area contributed by atoms with Gasteiger partial charge >= 0.3 is 12.2 Å². The molecular formula is C37H65N3O5. The van der Waals surface area contributed by atoms with Gasteiger partial charge in [-0.15, -0.1) is 0 Å². The highest BCUT2D eigenvalue weighted by molar-refractivity contribution is 5.76. The third kappa shape index (κ3) is 22.4. The van der Waals surface area contributed by atoms with E-state index in [0.717, 1.165) is 50.5 Å². The molecule has 0 heterocycles. The second-order valence-corrected chi connectivity index (χ2v) is 12.3. The summed E-state index contributed by atoms with van der Waals surface area (Å²) in [5.41, 5.74) is 0.718. The molecule has 2 atom stereocenters. The van der Waals surface area contributed by atoms with E-state index in [2.05, 4.69) is 22.9 Å². The summed E-state index contributed by atoms with van der Waals surface area (Å²) < 4.78 is 11.3. The van der Waals surface area contributed by atoms with Crippen LogP contribution in [0.15, 0.2) is 30.3 Å². The van der Waals surface area contributed by atoms with Gasteiger partial charge in [0, 0.05) is 19.5 Å². The van der Waals surface area contributed by atoms with Crippen LogP contribution in [0.4, 0.5) is 9.59 Å². The quantitative estimate of drug-likeness (QED) is 0.0799. The first-order chi connectivity index (χ1) is 22.0. The summed E-state index contributed by atoms with van der Waals surface area (Å²) in [4.78, 5) is 38.0. The molecule has 0 aromatic heterocycles. The highest BCUT2D eigenvalue weighted by Gasteiger charge is 2.30. The standard InChI is InChI=1S/C37H65N3O5/c1-4-7-10-11-12-13-14-15-16-17-18-19-20-21-25-28-34(41)40-33(31-44-36(42)38-29-8-5-2)35(32-26-23-22-24-27-32)45-37(43)39-30-9-6-3/h22-24,26-27,33,35H,4-21,25,28-31H2,1-3H3,(H,38,42)(H,39,43)(H,40,41)/t33-,35-/m0/s1. The molecule has 0 radical (unpaired) electrons. The van der Waals surface area contributed by atoms with E-state index in [1.807, 2.05) is 44.2 Å². The van der Waals surface area contributed by atoms with Crippen molar-refractivity contribution in [2.45, 2.75) is 161 Å². The number of amides is 3. The van der Waals surface area contributed by atoms with Crippen molar-refractivity contribution in [3.63, 3.8) is 0 Å². The predicted molar refractivity (Wildman–Crippen MR) is 184 cm³/mol. The fraction of sp³-hybridized carbons (Fsp3) is 0.757. The lowest BCUT2D eigenvalue weighted by Crippen LogP contribution is -2.46. The zero-order valence-electron chi connectivity index (χ0n) is 28.8. The van der Waals surface area contributed by atoms with Crippen molar-refractivity contribution in [1.29, 1.82) is 0 Å². The van der Waals surface area contributed by atoms with Gasteiger partial charge in [0.2, 0.25) is 5.91 Å². The first-order valence-electron chi connectivity index (χ1n) is 18.2. The Balaban J connectivity index is 2.54. The molecular weight excluding hydrogens is 566 g/mol. The second kappa shape index (κ2) is 28.7. The number of hydrogen-bond acceptors (Lipinski definition) is 5. The van der Waals surface area contributed by atoms with Gasteiger partial charge < -0.3 is 25.4 Å². The van der Waals surface area contributed by atoms with Crippen LogP contribution in [0.1, 0.15) is 161 Å². The number of unbranched alkanes of at least 4 members (excludes halogenated alkanes) is 16. The van der Waals surface area contributed by atoms with Gasteiger partial charge in [0.15, 0.2) is 6.10 Å². The fourth-order valence-corrected chi connectivity index (χ4v) is 5.27. The Labute approximate surface area is 274 Å². The Hall–Kier alpha value is -2.77. The van der Waals surface area contributed by atoms with E-state index in [4.69, 9.17) is 9.47 Å². The number of alkyl carbamates (subject to hydrolysis) is 2. The predicted octanol–water partition coefficient (Wildman–Crippen LogP) is 9.53. The van der Waals surface area contributed by atoms with E-state index in [9.17, 15) is 14.4 Å². The van der Waals surface area contributed by atoms with Crippen LogP contribution in [0.5, 0.6) is 0 Å². The number of benzene rings is 1. The van der Waals surface area contributed by atoms with Crippen molar-refractivity contribution in [1.82, 2.24) is 16.0 Å². The number of carbonyl (C=O) groups excluding carboxylic acids is 3. The van der Waals surface area contributed by atoms with E-state index in [-0.39, 0.29) is 12.5 Å². The van der Waals surface area contributed by atoms with Crippen molar-refractivity contribution in [2.24, 2.45) is 0 Å². The van der Waals surface area contributed by atoms with Crippen molar-refractivity contribution >= 4 is 18.1 Å². The van der Waals surface area contributed by atoms with E-state index < -0.39 is 24.3 Å². The summed E-state index contributed by atoms with van der Waals surface area (Å²) >= 11 is 0. The van der Waals surface area contributed by atoms with Crippen LogP contribution in [-0.4, -0.2) is 43.8 Å². The smallest absolute Gasteiger partial charge is 0.407 e. The second-order valence-electron chi connectivity index (χ2n) is 12.3. The van der Waals surface area contributed by atoms with Crippen LogP contribution < -0.4 is 16.0 Å². The Bertz CT molecular complexity index is 867. The van der Waals surface area contributed by atoms with Gasteiger partial charge in [0.25, 0.3) is 0 Å². The highest BCUT2D eigenvalue weighted by atomic mass is 16.6. The summed E-state index contributed by atoms with van der Waals surface area (Å²) in [6.45, 7) is 7.26. The van der Waals surface area contributed by atoms with Crippen molar-refractivity contribution in [3.05, 3.63) is 35.9 Å². The Morgan fingerprint density at radius 1 is 0.600 bits per heavy atom. The first-order valence-corrected chi connectivity index (χ1v) is 18.2. The number of hydrogen-bond donors (Lipinski definition) is 3. The summed E-state index contributed by atoms with van der Waals surface area (Å²) in [6, 6.07) is 8.55. The Morgan fingerprint density at radius 3 is 1.58 bits per heavy atom. The van der Waals surface area contributed by atoms with Crippen molar-refractivity contribution < 1.29 is 23.9 Å². The lowest BCUT2D eigenvalue weighted by atomic mass is 10.0. The van der Waals surface area contributed by atoms with E-state index >= 15 is 0 Å². The number of ether oxygens (including phenoxy) is 2. The maximum atomic E-state index is 13.1. The number of carbonyl (C=O) groups is 3. The molecule has 0 unspecified atom stereocenters. The van der Waals surface area contributed by atoms with Gasteiger partial charge in [0.1, 0.15) is 12.6 Å². The molecule has 45 heavy (non-hydrogen) atoms. The van der Waals surface area contributed by atoms with Gasteiger partial charge in [-0.2, -0.15) is 0 Å². The molecule has 8 heteroatoms. The van der Waals surface area contributed by atoms with Crippen molar-refractivity contribution in [2.75, 3.05) is 19.7 Å². The topological polar surface area (TPSA) is 106 Å². The largest absolute Gasteiger partial charge is 0.447 e. The molecule has 0 bridgehead atoms. The average Bonchev–Trinajstić information content (AvgIpc) is 3.04. The molecule has 1 aromatic rings. The molecule has 8 nitrogen and oxygen atoms in total.